The van der Waals surface area contributed by atoms with Crippen molar-refractivity contribution in [3.8, 4) is 17.0 Å². The van der Waals surface area contributed by atoms with Crippen molar-refractivity contribution in [3.05, 3.63) is 90.8 Å². The fourth-order valence-corrected chi connectivity index (χ4v) is 3.05. The average Bonchev–Trinajstić information content (AvgIpc) is 3.32. The number of imidazole rings is 1. The first kappa shape index (κ1) is 20.1. The minimum absolute atomic E-state index is 0.252. The number of carboxylic acids is 1. The molecule has 31 heavy (non-hydrogen) atoms. The van der Waals surface area contributed by atoms with Crippen LogP contribution in [0.5, 0.6) is 5.75 Å². The molecule has 8 nitrogen and oxygen atoms in total. The fourth-order valence-electron chi connectivity index (χ4n) is 3.05. The monoisotopic (exact) mass is 415 g/mol. The van der Waals surface area contributed by atoms with Gasteiger partial charge in [-0.3, -0.25) is 0 Å². The maximum atomic E-state index is 11.6. The van der Waals surface area contributed by atoms with Crippen LogP contribution in [0.15, 0.2) is 79.5 Å². The van der Waals surface area contributed by atoms with Crippen molar-refractivity contribution in [1.29, 1.82) is 0 Å². The van der Waals surface area contributed by atoms with Crippen molar-refractivity contribution in [2.24, 2.45) is 0 Å². The normalized spacial score (nSPS) is 11.6. The third kappa shape index (κ3) is 5.45. The predicted molar refractivity (Wildman–Crippen MR) is 116 cm³/mol. The molecule has 0 spiro atoms. The Labute approximate surface area is 179 Å². The smallest absolute Gasteiger partial charge is 0.326 e. The maximum absolute atomic E-state index is 11.6. The topological polar surface area (TPSA) is 113 Å². The van der Waals surface area contributed by atoms with Gasteiger partial charge in [-0.15, -0.1) is 0 Å². The highest BCUT2D eigenvalue weighted by atomic mass is 16.5. The molecule has 0 radical (unpaired) electrons. The van der Waals surface area contributed by atoms with Crippen molar-refractivity contribution in [1.82, 2.24) is 19.9 Å². The van der Waals surface area contributed by atoms with Gasteiger partial charge in [-0.05, 0) is 29.8 Å². The van der Waals surface area contributed by atoms with E-state index in [1.165, 1.54) is 12.7 Å². The number of carbonyl (C=O) groups is 1. The maximum Gasteiger partial charge on any atom is 0.326 e. The van der Waals surface area contributed by atoms with Gasteiger partial charge in [-0.2, -0.15) is 0 Å². The van der Waals surface area contributed by atoms with Crippen LogP contribution in [0.2, 0.25) is 0 Å². The van der Waals surface area contributed by atoms with Gasteiger partial charge in [0.1, 0.15) is 30.5 Å². The van der Waals surface area contributed by atoms with E-state index < -0.39 is 12.0 Å². The van der Waals surface area contributed by atoms with E-state index in [4.69, 9.17) is 4.74 Å². The van der Waals surface area contributed by atoms with Crippen molar-refractivity contribution in [2.45, 2.75) is 19.1 Å². The summed E-state index contributed by atoms with van der Waals surface area (Å²) >= 11 is 0. The number of nitrogens with one attached hydrogen (secondary N) is 2. The summed E-state index contributed by atoms with van der Waals surface area (Å²) in [6.45, 7) is 0.495. The Morgan fingerprint density at radius 2 is 1.90 bits per heavy atom. The van der Waals surface area contributed by atoms with Crippen LogP contribution in [-0.4, -0.2) is 37.1 Å². The van der Waals surface area contributed by atoms with Crippen LogP contribution in [0, 0.1) is 0 Å². The Balaban J connectivity index is 1.43. The highest BCUT2D eigenvalue weighted by molar-refractivity contribution is 5.77. The molecule has 4 aromatic rings. The number of ether oxygens (including phenoxy) is 1. The second kappa shape index (κ2) is 9.53. The molecule has 2 heterocycles. The van der Waals surface area contributed by atoms with Gasteiger partial charge in [-0.1, -0.05) is 30.3 Å². The first-order valence-electron chi connectivity index (χ1n) is 9.73. The molecule has 0 aliphatic carbocycles. The number of carboxylic acid groups (broad SMARTS) is 1. The van der Waals surface area contributed by atoms with Crippen LogP contribution in [0.3, 0.4) is 0 Å². The molecule has 156 valence electrons. The molecule has 1 atom stereocenters. The summed E-state index contributed by atoms with van der Waals surface area (Å²) in [7, 11) is 0. The summed E-state index contributed by atoms with van der Waals surface area (Å²) < 4.78 is 5.82. The number of aromatic amines is 1. The highest BCUT2D eigenvalue weighted by Gasteiger charge is 2.19. The van der Waals surface area contributed by atoms with Crippen LogP contribution >= 0.6 is 0 Å². The summed E-state index contributed by atoms with van der Waals surface area (Å²) in [5.74, 6) is 0.210. The van der Waals surface area contributed by atoms with Crippen LogP contribution in [0.25, 0.3) is 11.3 Å². The van der Waals surface area contributed by atoms with E-state index in [1.54, 1.807) is 12.3 Å². The Morgan fingerprint density at radius 3 is 2.61 bits per heavy atom. The molecule has 0 saturated heterocycles. The van der Waals surface area contributed by atoms with Crippen molar-refractivity contribution in [2.75, 3.05) is 5.32 Å². The Bertz CT molecular complexity index is 1120. The Kier molecular flexibility index (Phi) is 6.18. The number of rotatable bonds is 9. The van der Waals surface area contributed by atoms with Crippen molar-refractivity contribution >= 4 is 11.8 Å². The van der Waals surface area contributed by atoms with Crippen molar-refractivity contribution < 1.29 is 14.6 Å². The lowest BCUT2D eigenvalue weighted by molar-refractivity contribution is -0.137. The van der Waals surface area contributed by atoms with E-state index in [0.29, 0.717) is 18.1 Å². The van der Waals surface area contributed by atoms with Gasteiger partial charge >= 0.3 is 5.97 Å². The standard InChI is InChI=1S/C23H21N5O3/c29-23(30)21(10-18-12-24-14-25-18)28-22-11-20(26-15-27-22)17-6-8-19(9-7-17)31-13-16-4-2-1-3-5-16/h1-9,11-12,14-15,21H,10,13H2,(H,24,25)(H,29,30)(H,26,27,28). The number of hydrogen-bond donors (Lipinski definition) is 3. The molecule has 0 fully saturated rings. The van der Waals surface area contributed by atoms with Crippen LogP contribution in [0.1, 0.15) is 11.3 Å². The number of aromatic nitrogens is 4. The lowest BCUT2D eigenvalue weighted by Gasteiger charge is -2.14. The van der Waals surface area contributed by atoms with Gasteiger partial charge in [0.2, 0.25) is 0 Å². The molecule has 0 aliphatic heterocycles. The lowest BCUT2D eigenvalue weighted by Crippen LogP contribution is -2.32. The summed E-state index contributed by atoms with van der Waals surface area (Å²) in [5, 5.41) is 12.5. The first-order chi connectivity index (χ1) is 15.2. The van der Waals surface area contributed by atoms with Gasteiger partial charge < -0.3 is 20.1 Å². The van der Waals surface area contributed by atoms with Crippen molar-refractivity contribution in [3.63, 3.8) is 0 Å². The molecule has 2 aromatic carbocycles. The third-order valence-electron chi connectivity index (χ3n) is 4.66. The molecule has 3 N–H and O–H groups in total. The lowest BCUT2D eigenvalue weighted by atomic mass is 10.1. The van der Waals surface area contributed by atoms with Crippen LogP contribution < -0.4 is 10.1 Å². The summed E-state index contributed by atoms with van der Waals surface area (Å²) in [5.41, 5.74) is 3.37. The Morgan fingerprint density at radius 1 is 1.10 bits per heavy atom. The van der Waals surface area contributed by atoms with E-state index in [9.17, 15) is 9.90 Å². The summed E-state index contributed by atoms with van der Waals surface area (Å²) in [6.07, 6.45) is 4.78. The molecular weight excluding hydrogens is 394 g/mol. The van der Waals surface area contributed by atoms with Gasteiger partial charge in [0, 0.05) is 29.9 Å². The minimum atomic E-state index is -0.977. The molecular formula is C23H21N5O3. The minimum Gasteiger partial charge on any atom is -0.489 e. The quantitative estimate of drug-likeness (QED) is 0.383. The number of H-pyrrole nitrogens is 1. The molecule has 8 heteroatoms. The highest BCUT2D eigenvalue weighted by Crippen LogP contribution is 2.23. The van der Waals surface area contributed by atoms with E-state index >= 15 is 0 Å². The van der Waals surface area contributed by atoms with E-state index in [2.05, 4.69) is 25.3 Å². The van der Waals surface area contributed by atoms with Gasteiger partial charge in [-0.25, -0.2) is 19.7 Å². The van der Waals surface area contributed by atoms with Gasteiger partial charge in [0.05, 0.1) is 12.0 Å². The molecule has 2 aromatic heterocycles. The predicted octanol–water partition coefficient (Wildman–Crippen LogP) is 3.55. The SMILES string of the molecule is O=C(O)C(Cc1cnc[nH]1)Nc1cc(-c2ccc(OCc3ccccc3)cc2)ncn1. The Hall–Kier alpha value is -4.20. The zero-order valence-electron chi connectivity index (χ0n) is 16.6. The number of aliphatic carboxylic acids is 1. The molecule has 0 saturated carbocycles. The average molecular weight is 415 g/mol. The molecule has 1 unspecified atom stereocenters. The second-order valence-corrected chi connectivity index (χ2v) is 6.90. The van der Waals surface area contributed by atoms with E-state index in [0.717, 1.165) is 22.6 Å². The second-order valence-electron chi connectivity index (χ2n) is 6.90. The largest absolute Gasteiger partial charge is 0.489 e. The third-order valence-corrected chi connectivity index (χ3v) is 4.66. The summed E-state index contributed by atoms with van der Waals surface area (Å²) in [4.78, 5) is 26.9. The number of nitrogens with zero attached hydrogens (tertiary/aromatic N) is 3. The van der Waals surface area contributed by atoms with Gasteiger partial charge in [0.15, 0.2) is 0 Å². The molecule has 0 bridgehead atoms. The number of hydrogen-bond acceptors (Lipinski definition) is 6. The number of benzene rings is 2. The zero-order chi connectivity index (χ0) is 21.5. The molecule has 0 aliphatic rings. The molecule has 0 amide bonds. The zero-order valence-corrected chi connectivity index (χ0v) is 16.6. The number of anilines is 1. The fraction of sp³-hybridized carbons (Fsp3) is 0.130. The van der Waals surface area contributed by atoms with E-state index in [-0.39, 0.29) is 6.42 Å². The van der Waals surface area contributed by atoms with E-state index in [1.807, 2.05) is 54.6 Å². The van der Waals surface area contributed by atoms with Crippen LogP contribution in [0.4, 0.5) is 5.82 Å². The van der Waals surface area contributed by atoms with Gasteiger partial charge in [0.25, 0.3) is 0 Å². The summed E-state index contributed by atoms with van der Waals surface area (Å²) in [6, 6.07) is 18.4. The first-order valence-corrected chi connectivity index (χ1v) is 9.73. The molecule has 4 rings (SSSR count). The van der Waals surface area contributed by atoms with Crippen LogP contribution in [-0.2, 0) is 17.8 Å².